The van der Waals surface area contributed by atoms with E-state index in [2.05, 4.69) is 16.6 Å². The maximum atomic E-state index is 12.8. The first-order valence-electron chi connectivity index (χ1n) is 10.4. The van der Waals surface area contributed by atoms with Gasteiger partial charge in [-0.2, -0.15) is 0 Å². The molecule has 1 aromatic heterocycles. The molecule has 0 amide bonds. The number of unbranched alkanes of at least 4 members (excludes halogenated alkanes) is 1. The van der Waals surface area contributed by atoms with Crippen molar-refractivity contribution in [3.05, 3.63) is 83.6 Å². The summed E-state index contributed by atoms with van der Waals surface area (Å²) in [7, 11) is -3.88. The summed E-state index contributed by atoms with van der Waals surface area (Å²) in [6.45, 7) is 4.90. The van der Waals surface area contributed by atoms with Crippen LogP contribution in [0.1, 0.15) is 41.3 Å². The van der Waals surface area contributed by atoms with Gasteiger partial charge in [-0.05, 0) is 36.6 Å². The molecule has 0 aliphatic rings. The Morgan fingerprint density at radius 3 is 2.44 bits per heavy atom. The maximum Gasteiger partial charge on any atom is 0.339 e. The Hall–Kier alpha value is -3.39. The van der Waals surface area contributed by atoms with Gasteiger partial charge in [0.15, 0.2) is 0 Å². The van der Waals surface area contributed by atoms with Gasteiger partial charge in [0.25, 0.3) is 10.0 Å². The first-order chi connectivity index (χ1) is 15.3. The molecule has 32 heavy (non-hydrogen) atoms. The van der Waals surface area contributed by atoms with Crippen molar-refractivity contribution in [2.24, 2.45) is 0 Å². The maximum absolute atomic E-state index is 12.8. The van der Waals surface area contributed by atoms with E-state index in [1.165, 1.54) is 18.3 Å². The summed E-state index contributed by atoms with van der Waals surface area (Å²) in [6, 6.07) is 17.7. The van der Waals surface area contributed by atoms with Crippen LogP contribution in [0.5, 0.6) is 0 Å². The van der Waals surface area contributed by atoms with E-state index in [4.69, 9.17) is 0 Å². The number of benzene rings is 2. The zero-order valence-corrected chi connectivity index (χ0v) is 19.0. The average molecular weight is 454 g/mol. The van der Waals surface area contributed by atoms with Gasteiger partial charge in [0.1, 0.15) is 11.4 Å². The lowest BCUT2D eigenvalue weighted by atomic mass is 10.1. The number of carboxylic acid groups (broad SMARTS) is 1. The summed E-state index contributed by atoms with van der Waals surface area (Å²) in [5, 5.41) is 9.85. The fourth-order valence-corrected chi connectivity index (χ4v) is 4.68. The van der Waals surface area contributed by atoms with Crippen LogP contribution in [0.25, 0.3) is 0 Å². The Morgan fingerprint density at radius 1 is 1.09 bits per heavy atom. The first-order valence-corrected chi connectivity index (χ1v) is 11.9. The van der Waals surface area contributed by atoms with Gasteiger partial charge in [0.05, 0.1) is 16.8 Å². The molecule has 2 N–H and O–H groups in total. The molecule has 0 fully saturated rings. The molecule has 3 rings (SSSR count). The van der Waals surface area contributed by atoms with E-state index >= 15 is 0 Å². The molecule has 0 spiro atoms. The summed E-state index contributed by atoms with van der Waals surface area (Å²) >= 11 is 0. The van der Waals surface area contributed by atoms with E-state index in [0.717, 1.165) is 18.4 Å². The molecule has 0 saturated carbocycles. The highest BCUT2D eigenvalue weighted by atomic mass is 32.2. The number of aromatic carboxylic acids is 1. The van der Waals surface area contributed by atoms with Gasteiger partial charge in [-0.15, -0.1) is 0 Å². The molecule has 1 heterocycles. The van der Waals surface area contributed by atoms with E-state index < -0.39 is 16.0 Å². The first kappa shape index (κ1) is 23.3. The smallest absolute Gasteiger partial charge is 0.339 e. The highest BCUT2D eigenvalue weighted by Crippen LogP contribution is 2.26. The number of anilines is 2. The number of rotatable bonds is 10. The number of sulfonamides is 1. The van der Waals surface area contributed by atoms with Gasteiger partial charge < -0.3 is 10.0 Å². The van der Waals surface area contributed by atoms with Gasteiger partial charge in [0, 0.05) is 13.1 Å². The summed E-state index contributed by atoms with van der Waals surface area (Å²) in [4.78, 5) is 18.5. The molecular weight excluding hydrogens is 426 g/mol. The zero-order valence-electron chi connectivity index (χ0n) is 18.2. The minimum absolute atomic E-state index is 0.0537. The van der Waals surface area contributed by atoms with Crippen LogP contribution in [0, 0.1) is 6.92 Å². The largest absolute Gasteiger partial charge is 0.478 e. The Balaban J connectivity index is 1.95. The second-order valence-electron chi connectivity index (χ2n) is 7.53. The molecule has 3 aromatic rings. The van der Waals surface area contributed by atoms with Gasteiger partial charge in [-0.25, -0.2) is 18.2 Å². The minimum atomic E-state index is -3.88. The summed E-state index contributed by atoms with van der Waals surface area (Å²) in [5.41, 5.74) is 1.68. The van der Waals surface area contributed by atoms with Crippen LogP contribution >= 0.6 is 0 Å². The average Bonchev–Trinajstić information content (AvgIpc) is 2.77. The van der Waals surface area contributed by atoms with Crippen molar-refractivity contribution in [1.82, 2.24) is 4.98 Å². The normalized spacial score (nSPS) is 11.2. The molecule has 168 valence electrons. The summed E-state index contributed by atoms with van der Waals surface area (Å²) < 4.78 is 28.1. The lowest BCUT2D eigenvalue weighted by Gasteiger charge is -2.25. The van der Waals surface area contributed by atoms with Gasteiger partial charge >= 0.3 is 5.97 Å². The van der Waals surface area contributed by atoms with Crippen LogP contribution in [-0.2, 0) is 16.6 Å². The van der Waals surface area contributed by atoms with Crippen LogP contribution in [0.4, 0.5) is 11.5 Å². The van der Waals surface area contributed by atoms with Crippen LogP contribution < -0.4 is 9.62 Å². The molecule has 0 saturated heterocycles. The molecule has 0 unspecified atom stereocenters. The number of carboxylic acids is 1. The van der Waals surface area contributed by atoms with Crippen LogP contribution in [-0.4, -0.2) is 31.0 Å². The standard InChI is InChI=1S/C24H27N3O4S/c1-3-4-14-27(17-19-11-6-5-7-12-19)23-21(24(28)29)15-20(16-25-23)26-32(30,31)22-13-9-8-10-18(22)2/h5-13,15-16,26H,3-4,14,17H2,1-2H3,(H,28,29). The third-order valence-corrected chi connectivity index (χ3v) is 6.57. The van der Waals surface area contributed by atoms with Crippen molar-refractivity contribution >= 4 is 27.5 Å². The lowest BCUT2D eigenvalue weighted by Crippen LogP contribution is -2.27. The van der Waals surface area contributed by atoms with Gasteiger partial charge in [-0.1, -0.05) is 61.9 Å². The number of aryl methyl sites for hydroxylation is 1. The van der Waals surface area contributed by atoms with E-state index in [0.29, 0.717) is 24.5 Å². The Bertz CT molecular complexity index is 1180. The van der Waals surface area contributed by atoms with E-state index in [1.807, 2.05) is 35.2 Å². The molecule has 2 aromatic carbocycles. The number of carbonyl (C=O) groups is 1. The summed E-state index contributed by atoms with van der Waals surface area (Å²) in [5.74, 6) is -0.854. The highest BCUT2D eigenvalue weighted by molar-refractivity contribution is 7.92. The molecule has 0 atom stereocenters. The molecule has 0 aliphatic carbocycles. The predicted octanol–water partition coefficient (Wildman–Crippen LogP) is 4.70. The molecule has 0 aliphatic heterocycles. The number of aromatic nitrogens is 1. The molecule has 7 nitrogen and oxygen atoms in total. The fraction of sp³-hybridized carbons (Fsp3) is 0.250. The van der Waals surface area contributed by atoms with Crippen molar-refractivity contribution in [3.8, 4) is 0 Å². The predicted molar refractivity (Wildman–Crippen MR) is 126 cm³/mol. The fourth-order valence-electron chi connectivity index (χ4n) is 3.40. The zero-order chi connectivity index (χ0) is 23.1. The number of hydrogen-bond donors (Lipinski definition) is 2. The number of hydrogen-bond acceptors (Lipinski definition) is 5. The topological polar surface area (TPSA) is 99.6 Å². The van der Waals surface area contributed by atoms with Crippen LogP contribution in [0.2, 0.25) is 0 Å². The monoisotopic (exact) mass is 453 g/mol. The van der Waals surface area contributed by atoms with Crippen molar-refractivity contribution in [2.45, 2.75) is 38.1 Å². The SMILES string of the molecule is CCCCN(Cc1ccccc1)c1ncc(NS(=O)(=O)c2ccccc2C)cc1C(=O)O. The van der Waals surface area contributed by atoms with Gasteiger partial charge in [0.2, 0.25) is 0 Å². The van der Waals surface area contributed by atoms with Crippen molar-refractivity contribution in [2.75, 3.05) is 16.2 Å². The minimum Gasteiger partial charge on any atom is -0.478 e. The van der Waals surface area contributed by atoms with Crippen molar-refractivity contribution < 1.29 is 18.3 Å². The second-order valence-corrected chi connectivity index (χ2v) is 9.18. The third-order valence-electron chi connectivity index (χ3n) is 5.03. The van der Waals surface area contributed by atoms with Crippen molar-refractivity contribution in [3.63, 3.8) is 0 Å². The number of nitrogens with zero attached hydrogens (tertiary/aromatic N) is 2. The Morgan fingerprint density at radius 2 is 1.78 bits per heavy atom. The van der Waals surface area contributed by atoms with Crippen LogP contribution in [0.15, 0.2) is 71.8 Å². The van der Waals surface area contributed by atoms with Gasteiger partial charge in [-0.3, -0.25) is 4.72 Å². The third kappa shape index (κ3) is 5.64. The van der Waals surface area contributed by atoms with E-state index in [-0.39, 0.29) is 16.1 Å². The van der Waals surface area contributed by atoms with E-state index in [9.17, 15) is 18.3 Å². The number of nitrogens with one attached hydrogen (secondary N) is 1. The second kappa shape index (κ2) is 10.3. The van der Waals surface area contributed by atoms with Crippen molar-refractivity contribution in [1.29, 1.82) is 0 Å². The number of pyridine rings is 1. The molecular formula is C24H27N3O4S. The Kier molecular flexibility index (Phi) is 7.48. The quantitative estimate of drug-likeness (QED) is 0.462. The lowest BCUT2D eigenvalue weighted by molar-refractivity contribution is 0.0697. The molecule has 8 heteroatoms. The molecule has 0 bridgehead atoms. The van der Waals surface area contributed by atoms with Crippen LogP contribution in [0.3, 0.4) is 0 Å². The summed E-state index contributed by atoms with van der Waals surface area (Å²) in [6.07, 6.45) is 3.18. The highest BCUT2D eigenvalue weighted by Gasteiger charge is 2.22. The van der Waals surface area contributed by atoms with E-state index in [1.54, 1.807) is 25.1 Å². The Labute approximate surface area is 188 Å². The molecule has 0 radical (unpaired) electrons.